The smallest absolute Gasteiger partial charge is 0.282 e. The second-order valence-electron chi connectivity index (χ2n) is 8.94. The Labute approximate surface area is 265 Å². The number of hydrogen-bond donors (Lipinski definition) is 0. The molecule has 0 saturated carbocycles. The van der Waals surface area contributed by atoms with Gasteiger partial charge in [0.2, 0.25) is 5.82 Å². The predicted octanol–water partition coefficient (Wildman–Crippen LogP) is 9.76. The molecule has 11 heteroatoms. The molecule has 0 unspecified atom stereocenters. The third-order valence-corrected chi connectivity index (χ3v) is 8.18. The van der Waals surface area contributed by atoms with Gasteiger partial charge in [-0.25, -0.2) is 4.98 Å². The van der Waals surface area contributed by atoms with Gasteiger partial charge in [-0.1, -0.05) is 53.0 Å². The van der Waals surface area contributed by atoms with Crippen LogP contribution in [-0.2, 0) is 6.61 Å². The second-order valence-corrected chi connectivity index (χ2v) is 11.9. The van der Waals surface area contributed by atoms with E-state index in [9.17, 15) is 4.79 Å². The van der Waals surface area contributed by atoms with Crippen LogP contribution in [0.1, 0.15) is 11.1 Å². The fourth-order valence-corrected chi connectivity index (χ4v) is 6.31. The number of halogens is 5. The standard InChI is InChI=1S/C30H16Br2Cl3N3O3/c31-22-9-16(10-23(32)28(22)40-15-17-5-6-20(34)13-24(17)35)14-36-38-29(37-25-4-2-1-3-21(25)30(38)39)27-12-18-11-19(33)7-8-26(18)41-27/h1-14H,15H2. The van der Waals surface area contributed by atoms with E-state index >= 15 is 0 Å². The van der Waals surface area contributed by atoms with E-state index in [-0.39, 0.29) is 18.0 Å². The van der Waals surface area contributed by atoms with Gasteiger partial charge in [0, 0.05) is 26.0 Å². The summed E-state index contributed by atoms with van der Waals surface area (Å²) in [5.74, 6) is 1.23. The highest BCUT2D eigenvalue weighted by atomic mass is 79.9. The highest BCUT2D eigenvalue weighted by molar-refractivity contribution is 9.11. The lowest BCUT2D eigenvalue weighted by Crippen LogP contribution is -2.20. The van der Waals surface area contributed by atoms with Gasteiger partial charge in [0.15, 0.2) is 5.76 Å². The van der Waals surface area contributed by atoms with Crippen molar-refractivity contribution in [2.75, 3.05) is 0 Å². The summed E-state index contributed by atoms with van der Waals surface area (Å²) >= 11 is 25.6. The molecule has 0 N–H and O–H groups in total. The van der Waals surface area contributed by atoms with Crippen LogP contribution >= 0.6 is 66.7 Å². The number of aromatic nitrogens is 2. The lowest BCUT2D eigenvalue weighted by Gasteiger charge is -2.12. The van der Waals surface area contributed by atoms with Gasteiger partial charge in [0.25, 0.3) is 5.56 Å². The average Bonchev–Trinajstić information content (AvgIpc) is 3.36. The van der Waals surface area contributed by atoms with Crippen LogP contribution < -0.4 is 10.3 Å². The fourth-order valence-electron chi connectivity index (χ4n) is 4.22. The zero-order valence-electron chi connectivity index (χ0n) is 20.7. The first kappa shape index (κ1) is 28.0. The Morgan fingerprint density at radius 3 is 2.44 bits per heavy atom. The van der Waals surface area contributed by atoms with Gasteiger partial charge in [0.1, 0.15) is 17.9 Å². The highest BCUT2D eigenvalue weighted by Crippen LogP contribution is 2.36. The van der Waals surface area contributed by atoms with Crippen molar-refractivity contribution >= 4 is 94.7 Å². The Hall–Kier alpha value is -3.14. The molecule has 0 amide bonds. The van der Waals surface area contributed by atoms with Crippen molar-refractivity contribution in [2.24, 2.45) is 5.10 Å². The van der Waals surface area contributed by atoms with Crippen LogP contribution in [0.15, 0.2) is 102 Å². The van der Waals surface area contributed by atoms with E-state index in [4.69, 9.17) is 48.9 Å². The van der Waals surface area contributed by atoms with Crippen molar-refractivity contribution in [2.45, 2.75) is 6.61 Å². The molecule has 6 aromatic rings. The number of benzene rings is 4. The van der Waals surface area contributed by atoms with Gasteiger partial charge in [-0.3, -0.25) is 4.79 Å². The van der Waals surface area contributed by atoms with Crippen molar-refractivity contribution in [1.82, 2.24) is 9.66 Å². The summed E-state index contributed by atoms with van der Waals surface area (Å²) in [5, 5.41) is 7.40. The Kier molecular flexibility index (Phi) is 7.94. The normalized spacial score (nSPS) is 11.6. The Morgan fingerprint density at radius 2 is 1.66 bits per heavy atom. The maximum atomic E-state index is 13.6. The molecule has 0 aliphatic carbocycles. The quantitative estimate of drug-likeness (QED) is 0.160. The minimum Gasteiger partial charge on any atom is -0.486 e. The molecule has 0 aliphatic heterocycles. The number of rotatable bonds is 6. The fraction of sp³-hybridized carbons (Fsp3) is 0.0333. The number of furan rings is 1. The third kappa shape index (κ3) is 5.80. The SMILES string of the molecule is O=c1c2ccccc2nc(-c2cc3cc(Cl)ccc3o2)n1N=Cc1cc(Br)c(OCc2ccc(Cl)cc2Cl)c(Br)c1. The number of ether oxygens (including phenoxy) is 1. The van der Waals surface area contributed by atoms with Gasteiger partial charge in [0.05, 0.1) is 26.1 Å². The van der Waals surface area contributed by atoms with Crippen molar-refractivity contribution in [3.8, 4) is 17.3 Å². The highest BCUT2D eigenvalue weighted by Gasteiger charge is 2.17. The first-order valence-electron chi connectivity index (χ1n) is 12.1. The summed E-state index contributed by atoms with van der Waals surface area (Å²) < 4.78 is 14.6. The third-order valence-electron chi connectivity index (χ3n) is 6.18. The molecule has 6 rings (SSSR count). The van der Waals surface area contributed by atoms with E-state index in [1.54, 1.807) is 60.8 Å². The molecule has 0 saturated heterocycles. The zero-order chi connectivity index (χ0) is 28.7. The van der Waals surface area contributed by atoms with Crippen LogP contribution in [0.3, 0.4) is 0 Å². The van der Waals surface area contributed by atoms with E-state index < -0.39 is 0 Å². The largest absolute Gasteiger partial charge is 0.486 e. The van der Waals surface area contributed by atoms with Gasteiger partial charge in [-0.05, 0) is 98.1 Å². The molecule has 0 bridgehead atoms. The average molecular weight is 733 g/mol. The first-order chi connectivity index (χ1) is 19.8. The Morgan fingerprint density at radius 1 is 0.927 bits per heavy atom. The molecule has 0 fully saturated rings. The number of nitrogens with zero attached hydrogens (tertiary/aromatic N) is 3. The van der Waals surface area contributed by atoms with Crippen LogP contribution in [0.5, 0.6) is 5.75 Å². The topological polar surface area (TPSA) is 69.6 Å². The maximum absolute atomic E-state index is 13.6. The van der Waals surface area contributed by atoms with Gasteiger partial charge in [-0.15, -0.1) is 0 Å². The Balaban J connectivity index is 1.37. The molecular weight excluding hydrogens is 717 g/mol. The lowest BCUT2D eigenvalue weighted by molar-refractivity contribution is 0.302. The van der Waals surface area contributed by atoms with Gasteiger partial charge in [-0.2, -0.15) is 9.78 Å². The summed E-state index contributed by atoms with van der Waals surface area (Å²) in [7, 11) is 0. The molecular formula is C30H16Br2Cl3N3O3. The van der Waals surface area contributed by atoms with Crippen molar-refractivity contribution in [3.05, 3.63) is 124 Å². The van der Waals surface area contributed by atoms with E-state index in [0.29, 0.717) is 57.6 Å². The predicted molar refractivity (Wildman–Crippen MR) is 172 cm³/mol. The summed E-state index contributed by atoms with van der Waals surface area (Å²) in [6.07, 6.45) is 1.57. The zero-order valence-corrected chi connectivity index (χ0v) is 26.2. The lowest BCUT2D eigenvalue weighted by atomic mass is 10.2. The van der Waals surface area contributed by atoms with Crippen molar-refractivity contribution in [1.29, 1.82) is 0 Å². The number of fused-ring (bicyclic) bond motifs is 2. The summed E-state index contributed by atoms with van der Waals surface area (Å²) in [6, 6.07) is 23.1. The summed E-state index contributed by atoms with van der Waals surface area (Å²) in [6.45, 7) is 0.241. The van der Waals surface area contributed by atoms with Crippen molar-refractivity contribution < 1.29 is 9.15 Å². The number of para-hydroxylation sites is 1. The first-order valence-corrected chi connectivity index (χ1v) is 14.8. The van der Waals surface area contributed by atoms with Crippen LogP contribution in [0.2, 0.25) is 15.1 Å². The van der Waals surface area contributed by atoms with E-state index in [1.165, 1.54) is 4.68 Å². The van der Waals surface area contributed by atoms with E-state index in [0.717, 1.165) is 10.9 Å². The monoisotopic (exact) mass is 729 g/mol. The van der Waals surface area contributed by atoms with Gasteiger partial charge < -0.3 is 9.15 Å². The molecule has 41 heavy (non-hydrogen) atoms. The van der Waals surface area contributed by atoms with Crippen LogP contribution in [0, 0.1) is 0 Å². The van der Waals surface area contributed by atoms with Crippen LogP contribution in [0.25, 0.3) is 33.5 Å². The summed E-state index contributed by atoms with van der Waals surface area (Å²) in [4.78, 5) is 18.3. The minimum atomic E-state index is -0.335. The van der Waals surface area contributed by atoms with E-state index in [1.807, 2.05) is 24.3 Å². The molecule has 204 valence electrons. The van der Waals surface area contributed by atoms with Crippen LogP contribution in [-0.4, -0.2) is 15.9 Å². The maximum Gasteiger partial charge on any atom is 0.282 e. The molecule has 0 spiro atoms. The number of hydrogen-bond acceptors (Lipinski definition) is 5. The molecule has 6 nitrogen and oxygen atoms in total. The molecule has 0 aliphatic rings. The Bertz CT molecular complexity index is 2030. The van der Waals surface area contributed by atoms with Gasteiger partial charge >= 0.3 is 0 Å². The molecule has 2 heterocycles. The molecule has 4 aromatic carbocycles. The molecule has 0 atom stereocenters. The summed E-state index contributed by atoms with van der Waals surface area (Å²) in [5.41, 5.74) is 2.31. The molecule has 2 aromatic heterocycles. The minimum absolute atomic E-state index is 0.241. The second kappa shape index (κ2) is 11.6. The van der Waals surface area contributed by atoms with E-state index in [2.05, 4.69) is 37.0 Å². The molecule has 0 radical (unpaired) electrons. The van der Waals surface area contributed by atoms with Crippen molar-refractivity contribution in [3.63, 3.8) is 0 Å². The van der Waals surface area contributed by atoms with Crippen LogP contribution in [0.4, 0.5) is 0 Å².